The Balaban J connectivity index is 1.69. The minimum Gasteiger partial charge on any atom is -0.382 e. The lowest BCUT2D eigenvalue weighted by molar-refractivity contribution is -0.125. The smallest absolute Gasteiger partial charge is 0.322 e. The number of hydrogen-bond acceptors (Lipinski definition) is 7. The lowest BCUT2D eigenvalue weighted by atomic mass is 9.79. The van der Waals surface area contributed by atoms with Crippen LogP contribution in [-0.4, -0.2) is 40.5 Å². The number of amides is 3. The van der Waals surface area contributed by atoms with E-state index < -0.39 is 11.6 Å². The molecule has 3 heterocycles. The van der Waals surface area contributed by atoms with Crippen molar-refractivity contribution in [2.24, 2.45) is 5.92 Å². The zero-order valence-corrected chi connectivity index (χ0v) is 12.7. The van der Waals surface area contributed by atoms with E-state index >= 15 is 0 Å². The predicted molar refractivity (Wildman–Crippen MR) is 81.2 cm³/mol. The van der Waals surface area contributed by atoms with Gasteiger partial charge in [0.2, 0.25) is 5.95 Å². The number of carbonyl (C=O) groups is 2. The van der Waals surface area contributed by atoms with E-state index in [9.17, 15) is 9.59 Å². The molecule has 9 heteroatoms. The van der Waals surface area contributed by atoms with Gasteiger partial charge in [0.1, 0.15) is 23.0 Å². The number of aromatic nitrogens is 2. The summed E-state index contributed by atoms with van der Waals surface area (Å²) in [5, 5.41) is 13.9. The van der Waals surface area contributed by atoms with Gasteiger partial charge in [-0.1, -0.05) is 0 Å². The summed E-state index contributed by atoms with van der Waals surface area (Å²) in [4.78, 5) is 33.7. The van der Waals surface area contributed by atoms with Gasteiger partial charge in [0.15, 0.2) is 0 Å². The summed E-state index contributed by atoms with van der Waals surface area (Å²) < 4.78 is 0. The Labute approximate surface area is 132 Å². The number of carbonyl (C=O) groups excluding carboxylic acids is 2. The van der Waals surface area contributed by atoms with E-state index in [1.165, 1.54) is 6.20 Å². The van der Waals surface area contributed by atoms with Crippen LogP contribution in [0.5, 0.6) is 0 Å². The van der Waals surface area contributed by atoms with Crippen LogP contribution in [0, 0.1) is 17.2 Å². The fraction of sp³-hybridized carbons (Fsp3) is 0.500. The van der Waals surface area contributed by atoms with Crippen molar-refractivity contribution in [2.45, 2.75) is 25.3 Å². The molecule has 2 aliphatic heterocycles. The van der Waals surface area contributed by atoms with Gasteiger partial charge in [-0.25, -0.2) is 9.78 Å². The van der Waals surface area contributed by atoms with Crippen molar-refractivity contribution in [3.8, 4) is 6.07 Å². The number of nitrogens with one attached hydrogen (secondary N) is 2. The zero-order chi connectivity index (χ0) is 16.6. The molecule has 0 radical (unpaired) electrons. The van der Waals surface area contributed by atoms with Crippen molar-refractivity contribution in [1.82, 2.24) is 20.6 Å². The number of nitrogen functional groups attached to an aromatic ring is 1. The summed E-state index contributed by atoms with van der Waals surface area (Å²) in [6, 6.07) is 1.49. The monoisotopic (exact) mass is 315 g/mol. The Kier molecular flexibility index (Phi) is 3.52. The van der Waals surface area contributed by atoms with Crippen LogP contribution >= 0.6 is 0 Å². The van der Waals surface area contributed by atoms with Gasteiger partial charge in [-0.05, 0) is 25.7 Å². The van der Waals surface area contributed by atoms with Gasteiger partial charge in [0.05, 0.1) is 6.20 Å². The number of imide groups is 1. The molecule has 0 spiro atoms. The van der Waals surface area contributed by atoms with Gasteiger partial charge in [0.25, 0.3) is 5.91 Å². The number of piperidine rings is 1. The Morgan fingerprint density at radius 2 is 2.13 bits per heavy atom. The molecule has 3 rings (SSSR count). The standard InChI is InChI=1S/C14H17N7O2/c1-14(11(22)19-13(23)20-14)9-2-4-21(5-3-9)12-17-7-8(6-15)10(16)18-12/h7,9H,2-5H2,1H3,(H2,16,17,18)(H2,19,20,22,23)/t14-/m0/s1. The van der Waals surface area contributed by atoms with Crippen molar-refractivity contribution >= 4 is 23.7 Å². The van der Waals surface area contributed by atoms with Gasteiger partial charge in [-0.2, -0.15) is 10.2 Å². The number of urea groups is 1. The molecule has 3 amide bonds. The SMILES string of the molecule is C[C@@]1(C2CCN(c3ncc(C#N)c(N)n3)CC2)NC(=O)NC1=O. The number of anilines is 2. The predicted octanol–water partition coefficient (Wildman–Crippen LogP) is -0.255. The first-order valence-corrected chi connectivity index (χ1v) is 7.35. The van der Waals surface area contributed by atoms with E-state index in [0.29, 0.717) is 31.9 Å². The largest absolute Gasteiger partial charge is 0.382 e. The van der Waals surface area contributed by atoms with Gasteiger partial charge >= 0.3 is 6.03 Å². The van der Waals surface area contributed by atoms with Gasteiger partial charge in [-0.3, -0.25) is 10.1 Å². The molecule has 0 saturated carbocycles. The quantitative estimate of drug-likeness (QED) is 0.640. The first-order chi connectivity index (χ1) is 10.9. The molecule has 2 aliphatic rings. The second-order valence-electron chi connectivity index (χ2n) is 5.95. The van der Waals surface area contributed by atoms with Crippen LogP contribution in [0.4, 0.5) is 16.6 Å². The molecule has 1 aromatic heterocycles. The highest BCUT2D eigenvalue weighted by Gasteiger charge is 2.48. The van der Waals surface area contributed by atoms with Crippen LogP contribution in [0.15, 0.2) is 6.20 Å². The minimum absolute atomic E-state index is 0.0425. The number of hydrogen-bond donors (Lipinski definition) is 3. The van der Waals surface area contributed by atoms with Crippen LogP contribution in [0.25, 0.3) is 0 Å². The molecule has 2 fully saturated rings. The number of rotatable bonds is 2. The zero-order valence-electron chi connectivity index (χ0n) is 12.7. The highest BCUT2D eigenvalue weighted by Crippen LogP contribution is 2.31. The fourth-order valence-corrected chi connectivity index (χ4v) is 3.12. The Morgan fingerprint density at radius 3 is 2.65 bits per heavy atom. The average Bonchev–Trinajstić information content (AvgIpc) is 2.81. The molecule has 0 unspecified atom stereocenters. The van der Waals surface area contributed by atoms with E-state index in [4.69, 9.17) is 11.0 Å². The number of nitriles is 1. The van der Waals surface area contributed by atoms with Crippen molar-refractivity contribution in [3.05, 3.63) is 11.8 Å². The second kappa shape index (κ2) is 5.39. The van der Waals surface area contributed by atoms with Crippen molar-refractivity contribution < 1.29 is 9.59 Å². The molecule has 120 valence electrons. The van der Waals surface area contributed by atoms with Crippen LogP contribution < -0.4 is 21.3 Å². The van der Waals surface area contributed by atoms with Crippen LogP contribution in [0.3, 0.4) is 0 Å². The highest BCUT2D eigenvalue weighted by atomic mass is 16.2. The van der Waals surface area contributed by atoms with Crippen LogP contribution in [0.1, 0.15) is 25.3 Å². The molecule has 2 saturated heterocycles. The molecular formula is C14H17N7O2. The summed E-state index contributed by atoms with van der Waals surface area (Å²) in [6.07, 6.45) is 2.84. The third-order valence-corrected chi connectivity index (χ3v) is 4.59. The third-order valence-electron chi connectivity index (χ3n) is 4.59. The van der Waals surface area contributed by atoms with E-state index in [1.54, 1.807) is 6.92 Å². The average molecular weight is 315 g/mol. The molecule has 1 aromatic rings. The Hall–Kier alpha value is -2.89. The summed E-state index contributed by atoms with van der Waals surface area (Å²) in [5.41, 5.74) is 5.10. The van der Waals surface area contributed by atoms with Crippen LogP contribution in [0.2, 0.25) is 0 Å². The van der Waals surface area contributed by atoms with E-state index in [2.05, 4.69) is 20.6 Å². The second-order valence-corrected chi connectivity index (χ2v) is 5.95. The third kappa shape index (κ3) is 2.52. The molecule has 4 N–H and O–H groups in total. The number of nitrogens with two attached hydrogens (primary N) is 1. The number of nitrogens with zero attached hydrogens (tertiary/aromatic N) is 4. The maximum atomic E-state index is 12.0. The molecule has 0 aliphatic carbocycles. The molecule has 0 aromatic carbocycles. The fourth-order valence-electron chi connectivity index (χ4n) is 3.12. The Morgan fingerprint density at radius 1 is 1.43 bits per heavy atom. The summed E-state index contributed by atoms with van der Waals surface area (Å²) in [5.74, 6) is 0.403. The molecule has 0 bridgehead atoms. The molecule has 9 nitrogen and oxygen atoms in total. The van der Waals surface area contributed by atoms with Crippen molar-refractivity contribution in [3.63, 3.8) is 0 Å². The summed E-state index contributed by atoms with van der Waals surface area (Å²) in [6.45, 7) is 3.05. The van der Waals surface area contributed by atoms with E-state index in [-0.39, 0.29) is 23.2 Å². The van der Waals surface area contributed by atoms with Crippen molar-refractivity contribution in [1.29, 1.82) is 5.26 Å². The first kappa shape index (κ1) is 15.0. The molecule has 23 heavy (non-hydrogen) atoms. The normalized spacial score (nSPS) is 25.0. The lowest BCUT2D eigenvalue weighted by Gasteiger charge is -2.38. The maximum absolute atomic E-state index is 12.0. The van der Waals surface area contributed by atoms with E-state index in [1.807, 2.05) is 11.0 Å². The summed E-state index contributed by atoms with van der Waals surface area (Å²) in [7, 11) is 0. The lowest BCUT2D eigenvalue weighted by Crippen LogP contribution is -2.54. The van der Waals surface area contributed by atoms with Crippen molar-refractivity contribution in [2.75, 3.05) is 23.7 Å². The first-order valence-electron chi connectivity index (χ1n) is 7.35. The summed E-state index contributed by atoms with van der Waals surface area (Å²) >= 11 is 0. The van der Waals surface area contributed by atoms with Gasteiger partial charge in [-0.15, -0.1) is 0 Å². The van der Waals surface area contributed by atoms with Crippen LogP contribution in [-0.2, 0) is 4.79 Å². The molecular weight excluding hydrogens is 298 g/mol. The molecule has 1 atom stereocenters. The Bertz CT molecular complexity index is 706. The van der Waals surface area contributed by atoms with Gasteiger partial charge in [0, 0.05) is 13.1 Å². The maximum Gasteiger partial charge on any atom is 0.322 e. The topological polar surface area (TPSA) is 137 Å². The minimum atomic E-state index is -0.867. The highest BCUT2D eigenvalue weighted by molar-refractivity contribution is 6.06. The van der Waals surface area contributed by atoms with E-state index in [0.717, 1.165) is 0 Å². The van der Waals surface area contributed by atoms with Gasteiger partial charge < -0.3 is 16.0 Å².